The fourth-order valence-electron chi connectivity index (χ4n) is 2.57. The van der Waals surface area contributed by atoms with Crippen LogP contribution >= 0.6 is 23.1 Å². The number of benzene rings is 1. The van der Waals surface area contributed by atoms with Crippen LogP contribution in [0.1, 0.15) is 16.2 Å². The van der Waals surface area contributed by atoms with Crippen LogP contribution in [0.3, 0.4) is 0 Å². The van der Waals surface area contributed by atoms with E-state index in [4.69, 9.17) is 16.3 Å². The number of carbonyl (C=O) groups is 1. The minimum atomic E-state index is 0.0233. The van der Waals surface area contributed by atoms with Crippen LogP contribution in [0.15, 0.2) is 24.3 Å². The van der Waals surface area contributed by atoms with Crippen molar-refractivity contribution >= 4 is 34.2 Å². The number of hydrogen-bond donors (Lipinski definition) is 0. The van der Waals surface area contributed by atoms with Crippen molar-refractivity contribution in [1.29, 1.82) is 0 Å². The third-order valence-corrected chi connectivity index (χ3v) is 4.95. The molecule has 1 fully saturated rings. The Morgan fingerprint density at radius 3 is 2.83 bits per heavy atom. The number of ether oxygens (including phenoxy) is 1. The van der Waals surface area contributed by atoms with E-state index in [1.54, 1.807) is 31.4 Å². The molecule has 1 aliphatic heterocycles. The van der Waals surface area contributed by atoms with Crippen molar-refractivity contribution in [3.05, 3.63) is 40.7 Å². The molecule has 0 spiro atoms. The molecule has 1 aliphatic rings. The van der Waals surface area contributed by atoms with Crippen LogP contribution in [-0.4, -0.2) is 60.1 Å². The van der Waals surface area contributed by atoms with Gasteiger partial charge in [0.2, 0.25) is 5.13 Å². The van der Waals surface area contributed by atoms with E-state index < -0.39 is 0 Å². The Morgan fingerprint density at radius 1 is 1.33 bits per heavy atom. The predicted molar refractivity (Wildman–Crippen MR) is 95.1 cm³/mol. The van der Waals surface area contributed by atoms with Crippen molar-refractivity contribution < 1.29 is 9.53 Å². The summed E-state index contributed by atoms with van der Waals surface area (Å²) >= 11 is 7.37. The summed E-state index contributed by atoms with van der Waals surface area (Å²) in [6, 6.07) is 7.08. The van der Waals surface area contributed by atoms with Gasteiger partial charge in [-0.05, 0) is 18.2 Å². The quantitative estimate of drug-likeness (QED) is 0.813. The van der Waals surface area contributed by atoms with Crippen LogP contribution in [0, 0.1) is 0 Å². The summed E-state index contributed by atoms with van der Waals surface area (Å²) < 4.78 is 9.40. The number of hydrogen-bond acceptors (Lipinski definition) is 6. The van der Waals surface area contributed by atoms with Crippen LogP contribution in [0.25, 0.3) is 0 Å². The van der Waals surface area contributed by atoms with E-state index in [0.29, 0.717) is 30.3 Å². The van der Waals surface area contributed by atoms with E-state index in [1.807, 2.05) is 4.90 Å². The van der Waals surface area contributed by atoms with Gasteiger partial charge >= 0.3 is 0 Å². The molecule has 1 amide bonds. The number of piperazine rings is 1. The number of nitrogens with zero attached hydrogens (tertiary/aromatic N) is 4. The molecule has 0 unspecified atom stereocenters. The fraction of sp³-hybridized carbons (Fsp3) is 0.438. The highest BCUT2D eigenvalue weighted by molar-refractivity contribution is 7.09. The fourth-order valence-corrected chi connectivity index (χ4v) is 3.53. The number of methoxy groups -OCH3 is 1. The molecule has 0 N–H and O–H groups in total. The average Bonchev–Trinajstić information content (AvgIpc) is 3.08. The van der Waals surface area contributed by atoms with Crippen molar-refractivity contribution in [3.63, 3.8) is 0 Å². The number of anilines is 1. The zero-order valence-corrected chi connectivity index (χ0v) is 15.0. The Labute approximate surface area is 150 Å². The summed E-state index contributed by atoms with van der Waals surface area (Å²) in [6.07, 6.45) is 0.722. The molecule has 0 saturated carbocycles. The van der Waals surface area contributed by atoms with Gasteiger partial charge in [-0.25, -0.2) is 4.98 Å². The maximum Gasteiger partial charge on any atom is 0.254 e. The summed E-state index contributed by atoms with van der Waals surface area (Å²) in [5.41, 5.74) is 0.633. The molecule has 0 radical (unpaired) electrons. The van der Waals surface area contributed by atoms with Crippen molar-refractivity contribution in [2.75, 3.05) is 44.8 Å². The Morgan fingerprint density at radius 2 is 2.12 bits per heavy atom. The lowest BCUT2D eigenvalue weighted by atomic mass is 10.2. The molecule has 1 aromatic heterocycles. The Hall–Kier alpha value is -1.70. The molecule has 1 saturated heterocycles. The van der Waals surface area contributed by atoms with Crippen molar-refractivity contribution in [2.45, 2.75) is 6.42 Å². The highest BCUT2D eigenvalue weighted by Crippen LogP contribution is 2.20. The second-order valence-corrected chi connectivity index (χ2v) is 6.69. The largest absolute Gasteiger partial charge is 0.384 e. The van der Waals surface area contributed by atoms with Gasteiger partial charge in [0.25, 0.3) is 5.91 Å². The van der Waals surface area contributed by atoms with E-state index in [1.165, 1.54) is 11.5 Å². The number of carbonyl (C=O) groups excluding carboxylic acids is 1. The van der Waals surface area contributed by atoms with Gasteiger partial charge in [0.15, 0.2) is 0 Å². The normalized spacial score (nSPS) is 14.9. The van der Waals surface area contributed by atoms with E-state index in [0.717, 1.165) is 30.5 Å². The Kier molecular flexibility index (Phi) is 5.65. The molecule has 0 atom stereocenters. The van der Waals surface area contributed by atoms with Gasteiger partial charge in [0, 0.05) is 61.8 Å². The molecule has 2 aromatic rings. The summed E-state index contributed by atoms with van der Waals surface area (Å²) in [7, 11) is 1.67. The highest BCUT2D eigenvalue weighted by atomic mass is 35.5. The SMILES string of the molecule is COCCc1nsc(N2CCN(C(=O)c3cccc(Cl)c3)CC2)n1. The monoisotopic (exact) mass is 366 g/mol. The van der Waals surface area contributed by atoms with Crippen LogP contribution in [0.5, 0.6) is 0 Å². The topological polar surface area (TPSA) is 58.6 Å². The van der Waals surface area contributed by atoms with Gasteiger partial charge in [-0.15, -0.1) is 0 Å². The summed E-state index contributed by atoms with van der Waals surface area (Å²) in [4.78, 5) is 21.1. The third-order valence-electron chi connectivity index (χ3n) is 3.90. The van der Waals surface area contributed by atoms with Crippen molar-refractivity contribution in [2.24, 2.45) is 0 Å². The first-order chi connectivity index (χ1) is 11.7. The summed E-state index contributed by atoms with van der Waals surface area (Å²) in [6.45, 7) is 3.46. The van der Waals surface area contributed by atoms with Crippen LogP contribution in [-0.2, 0) is 11.2 Å². The standard InChI is InChI=1S/C16H19ClN4O2S/c1-23-10-5-14-18-16(24-19-14)21-8-6-20(7-9-21)15(22)12-3-2-4-13(17)11-12/h2-4,11H,5-10H2,1H3. The summed E-state index contributed by atoms with van der Waals surface area (Å²) in [5.74, 6) is 0.837. The summed E-state index contributed by atoms with van der Waals surface area (Å²) in [5, 5.41) is 1.49. The molecule has 8 heteroatoms. The number of rotatable bonds is 5. The van der Waals surface area contributed by atoms with E-state index in [2.05, 4.69) is 14.3 Å². The number of halogens is 1. The minimum absolute atomic E-state index is 0.0233. The number of amides is 1. The molecule has 2 heterocycles. The van der Waals surface area contributed by atoms with E-state index in [9.17, 15) is 4.79 Å². The zero-order valence-electron chi connectivity index (χ0n) is 13.4. The molecule has 128 valence electrons. The molecule has 0 bridgehead atoms. The van der Waals surface area contributed by atoms with Gasteiger partial charge in [0.1, 0.15) is 5.82 Å². The molecule has 3 rings (SSSR count). The lowest BCUT2D eigenvalue weighted by Gasteiger charge is -2.34. The maximum atomic E-state index is 12.5. The Balaban J connectivity index is 1.57. The molecular formula is C16H19ClN4O2S. The van der Waals surface area contributed by atoms with E-state index >= 15 is 0 Å². The lowest BCUT2D eigenvalue weighted by Crippen LogP contribution is -2.48. The lowest BCUT2D eigenvalue weighted by molar-refractivity contribution is 0.0746. The third kappa shape index (κ3) is 4.03. The van der Waals surface area contributed by atoms with Gasteiger partial charge in [-0.1, -0.05) is 17.7 Å². The smallest absolute Gasteiger partial charge is 0.254 e. The molecule has 6 nitrogen and oxygen atoms in total. The minimum Gasteiger partial charge on any atom is -0.384 e. The van der Waals surface area contributed by atoms with E-state index in [-0.39, 0.29) is 5.91 Å². The van der Waals surface area contributed by atoms with Crippen molar-refractivity contribution in [1.82, 2.24) is 14.3 Å². The van der Waals surface area contributed by atoms with Gasteiger partial charge in [-0.3, -0.25) is 4.79 Å². The molecule has 1 aromatic carbocycles. The van der Waals surface area contributed by atoms with Crippen LogP contribution in [0.2, 0.25) is 5.02 Å². The van der Waals surface area contributed by atoms with Crippen molar-refractivity contribution in [3.8, 4) is 0 Å². The number of aromatic nitrogens is 2. The van der Waals surface area contributed by atoms with Crippen LogP contribution < -0.4 is 4.90 Å². The molecule has 0 aliphatic carbocycles. The first kappa shape index (κ1) is 17.1. The van der Waals surface area contributed by atoms with Crippen LogP contribution in [0.4, 0.5) is 5.13 Å². The zero-order chi connectivity index (χ0) is 16.9. The Bertz CT molecular complexity index is 701. The first-order valence-electron chi connectivity index (χ1n) is 7.78. The highest BCUT2D eigenvalue weighted by Gasteiger charge is 2.24. The van der Waals surface area contributed by atoms with Gasteiger partial charge < -0.3 is 14.5 Å². The molecule has 24 heavy (non-hydrogen) atoms. The van der Waals surface area contributed by atoms with Gasteiger partial charge in [0.05, 0.1) is 6.61 Å². The predicted octanol–water partition coefficient (Wildman–Crippen LogP) is 2.34. The molecular weight excluding hydrogens is 348 g/mol. The maximum absolute atomic E-state index is 12.5. The average molecular weight is 367 g/mol. The second kappa shape index (κ2) is 7.92. The first-order valence-corrected chi connectivity index (χ1v) is 8.94. The van der Waals surface area contributed by atoms with Gasteiger partial charge in [-0.2, -0.15) is 4.37 Å². The second-order valence-electron chi connectivity index (χ2n) is 5.53.